The van der Waals surface area contributed by atoms with Crippen LogP contribution < -0.4 is 10.8 Å². The first-order valence-electron chi connectivity index (χ1n) is 9.91. The van der Waals surface area contributed by atoms with Crippen LogP contribution in [0.5, 0.6) is 0 Å². The van der Waals surface area contributed by atoms with E-state index in [1.54, 1.807) is 6.07 Å². The Hall–Kier alpha value is -1.87. The van der Waals surface area contributed by atoms with Gasteiger partial charge in [-0.3, -0.25) is 9.36 Å². The number of imidazole rings is 1. The molecule has 1 aliphatic rings. The standard InChI is InChI=1S/C20H24BClFN3O3S/c1-3-17-25-18(19(22)26(17)13-6-9-15(21)16(23)10-13)20(27)24-11-12-4-7-14(8-5-12)30(2,28)29/h6,9-10,12,14H,3-5,7-8,11H2,1-2H3,(H,24,27). The molecule has 10 heteroatoms. The fraction of sp³-hybridized carbons (Fsp3) is 0.500. The van der Waals surface area contributed by atoms with Gasteiger partial charge in [0.05, 0.1) is 10.9 Å². The van der Waals surface area contributed by atoms with Crippen molar-refractivity contribution in [1.82, 2.24) is 14.9 Å². The number of aryl methyl sites for hydroxylation is 1. The van der Waals surface area contributed by atoms with Gasteiger partial charge in [-0.15, -0.1) is 0 Å². The minimum Gasteiger partial charge on any atom is -0.350 e. The number of halogens is 2. The summed E-state index contributed by atoms with van der Waals surface area (Å²) < 4.78 is 38.8. The molecule has 0 atom stereocenters. The van der Waals surface area contributed by atoms with Crippen LogP contribution in [0.25, 0.3) is 5.69 Å². The van der Waals surface area contributed by atoms with Gasteiger partial charge in [0.15, 0.2) is 5.69 Å². The summed E-state index contributed by atoms with van der Waals surface area (Å²) in [5.74, 6) is -0.239. The lowest BCUT2D eigenvalue weighted by molar-refractivity contribution is 0.0939. The maximum atomic E-state index is 13.9. The summed E-state index contributed by atoms with van der Waals surface area (Å²) in [6.07, 6.45) is 4.47. The topological polar surface area (TPSA) is 81.1 Å². The molecule has 1 saturated carbocycles. The molecule has 2 aromatic rings. The maximum absolute atomic E-state index is 13.9. The van der Waals surface area contributed by atoms with Gasteiger partial charge in [-0.25, -0.2) is 17.8 Å². The quantitative estimate of drug-likeness (QED) is 0.684. The Labute approximate surface area is 182 Å². The molecule has 6 nitrogen and oxygen atoms in total. The second kappa shape index (κ2) is 9.10. The molecule has 1 aromatic heterocycles. The number of carbonyl (C=O) groups excluding carboxylic acids is 1. The average molecular weight is 452 g/mol. The number of rotatable bonds is 6. The number of sulfone groups is 1. The predicted molar refractivity (Wildman–Crippen MR) is 116 cm³/mol. The van der Waals surface area contributed by atoms with Crippen LogP contribution in [0.4, 0.5) is 4.39 Å². The zero-order valence-electron chi connectivity index (χ0n) is 17.0. The third-order valence-corrected chi connectivity index (χ3v) is 7.65. The molecule has 0 unspecified atom stereocenters. The van der Waals surface area contributed by atoms with E-state index >= 15 is 0 Å². The number of nitrogens with one attached hydrogen (secondary N) is 1. The van der Waals surface area contributed by atoms with Gasteiger partial charge >= 0.3 is 0 Å². The van der Waals surface area contributed by atoms with Gasteiger partial charge < -0.3 is 5.32 Å². The Kier molecular flexibility index (Phi) is 6.92. The van der Waals surface area contributed by atoms with E-state index in [1.165, 1.54) is 23.0 Å². The molecule has 3 rings (SSSR count). The normalized spacial score (nSPS) is 19.6. The summed E-state index contributed by atoms with van der Waals surface area (Å²) in [6.45, 7) is 2.29. The molecule has 2 radical (unpaired) electrons. The number of amides is 1. The molecule has 1 aromatic carbocycles. The summed E-state index contributed by atoms with van der Waals surface area (Å²) in [4.78, 5) is 17.1. The van der Waals surface area contributed by atoms with Gasteiger partial charge in [0.1, 0.15) is 34.5 Å². The summed E-state index contributed by atoms with van der Waals surface area (Å²) in [7, 11) is 2.52. The van der Waals surface area contributed by atoms with Crippen molar-refractivity contribution in [2.75, 3.05) is 12.8 Å². The van der Waals surface area contributed by atoms with Crippen molar-refractivity contribution in [3.8, 4) is 5.69 Å². The van der Waals surface area contributed by atoms with E-state index in [4.69, 9.17) is 19.4 Å². The van der Waals surface area contributed by atoms with Crippen molar-refractivity contribution in [3.05, 3.63) is 40.7 Å². The smallest absolute Gasteiger partial charge is 0.273 e. The number of hydrogen-bond donors (Lipinski definition) is 1. The largest absolute Gasteiger partial charge is 0.350 e. The molecule has 1 fully saturated rings. The lowest BCUT2D eigenvalue weighted by Gasteiger charge is -2.27. The fourth-order valence-corrected chi connectivity index (χ4v) is 5.28. The Bertz CT molecular complexity index is 1050. The van der Waals surface area contributed by atoms with Crippen LogP contribution in [0, 0.1) is 11.7 Å². The van der Waals surface area contributed by atoms with Crippen LogP contribution in [0.2, 0.25) is 5.15 Å². The third kappa shape index (κ3) is 4.89. The summed E-state index contributed by atoms with van der Waals surface area (Å²) in [6, 6.07) is 4.31. The SMILES string of the molecule is [B]c1ccc(-n2c(CC)nc(C(=O)NCC3CCC(S(C)(=O)=O)CC3)c2Cl)cc1F. The zero-order valence-corrected chi connectivity index (χ0v) is 18.6. The van der Waals surface area contributed by atoms with Crippen LogP contribution in [0.3, 0.4) is 0 Å². The van der Waals surface area contributed by atoms with E-state index in [1.807, 2.05) is 6.92 Å². The van der Waals surface area contributed by atoms with Crippen molar-refractivity contribution in [2.45, 2.75) is 44.3 Å². The second-order valence-corrected chi connectivity index (χ2v) is 10.4. The van der Waals surface area contributed by atoms with E-state index < -0.39 is 21.6 Å². The van der Waals surface area contributed by atoms with Crippen molar-refractivity contribution < 1.29 is 17.6 Å². The molecule has 0 aliphatic heterocycles. The first-order chi connectivity index (χ1) is 14.1. The summed E-state index contributed by atoms with van der Waals surface area (Å²) in [5.41, 5.74) is 0.543. The van der Waals surface area contributed by atoms with Crippen LogP contribution in [-0.4, -0.2) is 49.8 Å². The highest BCUT2D eigenvalue weighted by molar-refractivity contribution is 7.91. The zero-order chi connectivity index (χ0) is 22.1. The lowest BCUT2D eigenvalue weighted by Crippen LogP contribution is -2.34. The minimum atomic E-state index is -3.02. The Morgan fingerprint density at radius 1 is 1.33 bits per heavy atom. The van der Waals surface area contributed by atoms with Crippen LogP contribution in [-0.2, 0) is 16.3 Å². The van der Waals surface area contributed by atoms with Gasteiger partial charge in [-0.05, 0) is 43.7 Å². The van der Waals surface area contributed by atoms with Crippen molar-refractivity contribution in [1.29, 1.82) is 0 Å². The molecule has 0 saturated heterocycles. The van der Waals surface area contributed by atoms with Gasteiger partial charge in [0.2, 0.25) is 0 Å². The van der Waals surface area contributed by atoms with Crippen molar-refractivity contribution >= 4 is 40.7 Å². The molecule has 1 aliphatic carbocycles. The Morgan fingerprint density at radius 2 is 2.00 bits per heavy atom. The highest BCUT2D eigenvalue weighted by Gasteiger charge is 2.28. The Morgan fingerprint density at radius 3 is 2.57 bits per heavy atom. The van der Waals surface area contributed by atoms with Gasteiger partial charge in [0, 0.05) is 19.2 Å². The predicted octanol–water partition coefficient (Wildman–Crippen LogP) is 2.35. The van der Waals surface area contributed by atoms with E-state index in [0.29, 0.717) is 37.3 Å². The second-order valence-electron chi connectivity index (χ2n) is 7.74. The number of benzene rings is 1. The fourth-order valence-electron chi connectivity index (χ4n) is 3.83. The van der Waals surface area contributed by atoms with Gasteiger partial charge in [-0.1, -0.05) is 30.1 Å². The molecular formula is C20H24BClFN3O3S. The molecule has 1 amide bonds. The first kappa shape index (κ1) is 22.8. The van der Waals surface area contributed by atoms with E-state index in [9.17, 15) is 17.6 Å². The van der Waals surface area contributed by atoms with E-state index in [2.05, 4.69) is 10.3 Å². The van der Waals surface area contributed by atoms with E-state index in [-0.39, 0.29) is 27.5 Å². The molecule has 0 bridgehead atoms. The average Bonchev–Trinajstić information content (AvgIpc) is 3.04. The highest BCUT2D eigenvalue weighted by Crippen LogP contribution is 2.28. The van der Waals surface area contributed by atoms with Crippen LogP contribution in [0.1, 0.15) is 48.9 Å². The number of nitrogens with zero attached hydrogens (tertiary/aromatic N) is 2. The molecule has 1 heterocycles. The Balaban J connectivity index is 1.71. The van der Waals surface area contributed by atoms with Crippen LogP contribution >= 0.6 is 11.6 Å². The highest BCUT2D eigenvalue weighted by atomic mass is 35.5. The number of aromatic nitrogens is 2. The summed E-state index contributed by atoms with van der Waals surface area (Å²) in [5, 5.41) is 2.67. The lowest BCUT2D eigenvalue weighted by atomic mass is 9.89. The number of hydrogen-bond acceptors (Lipinski definition) is 4. The summed E-state index contributed by atoms with van der Waals surface area (Å²) >= 11 is 6.44. The monoisotopic (exact) mass is 451 g/mol. The third-order valence-electron chi connectivity index (χ3n) is 5.61. The molecule has 0 spiro atoms. The maximum Gasteiger partial charge on any atom is 0.273 e. The first-order valence-corrected chi connectivity index (χ1v) is 12.2. The number of carbonyl (C=O) groups is 1. The van der Waals surface area contributed by atoms with Crippen LogP contribution in [0.15, 0.2) is 18.2 Å². The van der Waals surface area contributed by atoms with Gasteiger partial charge in [-0.2, -0.15) is 0 Å². The molecule has 160 valence electrons. The van der Waals surface area contributed by atoms with E-state index in [0.717, 1.165) is 12.8 Å². The molecule has 1 N–H and O–H groups in total. The van der Waals surface area contributed by atoms with Gasteiger partial charge in [0.25, 0.3) is 5.91 Å². The molecule has 30 heavy (non-hydrogen) atoms. The van der Waals surface area contributed by atoms with Crippen molar-refractivity contribution in [2.24, 2.45) is 5.92 Å². The minimum absolute atomic E-state index is 0.0246. The molecular weight excluding hydrogens is 428 g/mol. The van der Waals surface area contributed by atoms with Crippen molar-refractivity contribution in [3.63, 3.8) is 0 Å².